The maximum absolute atomic E-state index is 6.03. The fourth-order valence-electron chi connectivity index (χ4n) is 1.71. The van der Waals surface area contributed by atoms with Crippen molar-refractivity contribution in [3.63, 3.8) is 0 Å². The van der Waals surface area contributed by atoms with E-state index in [0.717, 1.165) is 29.1 Å². The first kappa shape index (κ1) is 13.2. The smallest absolute Gasteiger partial charge is 0.125 e. The zero-order valence-electron chi connectivity index (χ0n) is 11.1. The lowest BCUT2D eigenvalue weighted by Crippen LogP contribution is -2.32. The molecule has 0 bridgehead atoms. The van der Waals surface area contributed by atoms with Crippen LogP contribution in [0.1, 0.15) is 30.8 Å². The average molecular weight is 261 g/mol. The van der Waals surface area contributed by atoms with Crippen LogP contribution in [-0.2, 0) is 6.42 Å². The minimum Gasteiger partial charge on any atom is -0.326 e. The second-order valence-corrected chi connectivity index (χ2v) is 6.34. The predicted octanol–water partition coefficient (Wildman–Crippen LogP) is 3.18. The molecule has 2 aromatic rings. The van der Waals surface area contributed by atoms with Gasteiger partial charge < -0.3 is 5.73 Å². The normalized spacial score (nSPS) is 11.8. The Hall–Kier alpha value is -1.26. The quantitative estimate of drug-likeness (QED) is 0.919. The Bertz CT molecular complexity index is 512. The number of hydrogen-bond donors (Lipinski definition) is 1. The molecule has 18 heavy (non-hydrogen) atoms. The summed E-state index contributed by atoms with van der Waals surface area (Å²) in [4.78, 5) is 10.1. The third-order valence-corrected chi connectivity index (χ3v) is 4.06. The summed E-state index contributed by atoms with van der Waals surface area (Å²) in [5, 5.41) is 1.05. The lowest BCUT2D eigenvalue weighted by Gasteiger charge is -2.17. The molecule has 0 spiro atoms. The van der Waals surface area contributed by atoms with E-state index in [-0.39, 0.29) is 5.54 Å². The minimum absolute atomic E-state index is 0.120. The summed E-state index contributed by atoms with van der Waals surface area (Å²) < 4.78 is 0. The third-order valence-electron chi connectivity index (χ3n) is 2.80. The monoisotopic (exact) mass is 261 g/mol. The molecule has 0 aromatic carbocycles. The molecule has 3 nitrogen and oxygen atoms in total. The van der Waals surface area contributed by atoms with Crippen molar-refractivity contribution in [3.05, 3.63) is 35.1 Å². The summed E-state index contributed by atoms with van der Waals surface area (Å²) in [6.07, 6.45) is 5.60. The Kier molecular flexibility index (Phi) is 3.78. The molecule has 0 atom stereocenters. The number of aryl methyl sites for hydroxylation is 2. The standard InChI is InChI=1S/C14H19N3S/c1-10-12(6-7-14(2,3)15)18-13(17-10)11-5-4-8-16-9-11/h4-5,8-9H,6-7,15H2,1-3H3. The number of rotatable bonds is 4. The summed E-state index contributed by atoms with van der Waals surface area (Å²) in [5.74, 6) is 0. The highest BCUT2D eigenvalue weighted by Gasteiger charge is 2.14. The molecule has 96 valence electrons. The highest BCUT2D eigenvalue weighted by Crippen LogP contribution is 2.28. The van der Waals surface area contributed by atoms with Gasteiger partial charge in [0.2, 0.25) is 0 Å². The van der Waals surface area contributed by atoms with Gasteiger partial charge in [0, 0.05) is 28.4 Å². The van der Waals surface area contributed by atoms with E-state index < -0.39 is 0 Å². The van der Waals surface area contributed by atoms with Crippen molar-refractivity contribution in [2.24, 2.45) is 5.73 Å². The molecule has 0 fully saturated rings. The van der Waals surface area contributed by atoms with Crippen LogP contribution in [0.5, 0.6) is 0 Å². The molecular formula is C14H19N3S. The van der Waals surface area contributed by atoms with Gasteiger partial charge in [0.15, 0.2) is 0 Å². The molecule has 2 N–H and O–H groups in total. The maximum Gasteiger partial charge on any atom is 0.125 e. The van der Waals surface area contributed by atoms with E-state index in [0.29, 0.717) is 0 Å². The van der Waals surface area contributed by atoms with E-state index >= 15 is 0 Å². The van der Waals surface area contributed by atoms with Gasteiger partial charge in [-0.05, 0) is 45.7 Å². The molecule has 2 heterocycles. The largest absolute Gasteiger partial charge is 0.326 e. The second-order valence-electron chi connectivity index (χ2n) is 5.26. The van der Waals surface area contributed by atoms with Crippen LogP contribution in [0.25, 0.3) is 10.6 Å². The lowest BCUT2D eigenvalue weighted by molar-refractivity contribution is 0.478. The van der Waals surface area contributed by atoms with E-state index in [2.05, 4.69) is 30.7 Å². The molecule has 0 aliphatic heterocycles. The average Bonchev–Trinajstić information content (AvgIpc) is 2.68. The van der Waals surface area contributed by atoms with Crippen LogP contribution < -0.4 is 5.73 Å². The SMILES string of the molecule is Cc1nc(-c2cccnc2)sc1CCC(C)(C)N. The van der Waals surface area contributed by atoms with Gasteiger partial charge in [0.05, 0.1) is 5.69 Å². The number of hydrogen-bond acceptors (Lipinski definition) is 4. The van der Waals surface area contributed by atoms with Crippen LogP contribution in [-0.4, -0.2) is 15.5 Å². The molecule has 0 saturated carbocycles. The third kappa shape index (κ3) is 3.37. The Labute approximate surface area is 112 Å². The second kappa shape index (κ2) is 5.16. The molecule has 2 rings (SSSR count). The van der Waals surface area contributed by atoms with Crippen LogP contribution in [0.3, 0.4) is 0 Å². The van der Waals surface area contributed by atoms with Crippen molar-refractivity contribution in [2.75, 3.05) is 0 Å². The van der Waals surface area contributed by atoms with Crippen LogP contribution >= 0.6 is 11.3 Å². The molecule has 0 saturated heterocycles. The van der Waals surface area contributed by atoms with Crippen molar-refractivity contribution in [1.82, 2.24) is 9.97 Å². The van der Waals surface area contributed by atoms with Gasteiger partial charge in [-0.25, -0.2) is 4.98 Å². The van der Waals surface area contributed by atoms with E-state index in [1.807, 2.05) is 18.3 Å². The Morgan fingerprint density at radius 3 is 2.78 bits per heavy atom. The highest BCUT2D eigenvalue weighted by atomic mass is 32.1. The van der Waals surface area contributed by atoms with Gasteiger partial charge in [-0.1, -0.05) is 0 Å². The first-order valence-corrected chi connectivity index (χ1v) is 6.93. The zero-order chi connectivity index (χ0) is 13.2. The van der Waals surface area contributed by atoms with Gasteiger partial charge in [0.25, 0.3) is 0 Å². The summed E-state index contributed by atoms with van der Waals surface area (Å²) in [6.45, 7) is 6.19. The van der Waals surface area contributed by atoms with E-state index in [1.165, 1.54) is 4.88 Å². The van der Waals surface area contributed by atoms with Crippen LogP contribution in [0.2, 0.25) is 0 Å². The van der Waals surface area contributed by atoms with Crippen molar-refractivity contribution in [1.29, 1.82) is 0 Å². The van der Waals surface area contributed by atoms with Crippen LogP contribution in [0, 0.1) is 6.92 Å². The van der Waals surface area contributed by atoms with Gasteiger partial charge >= 0.3 is 0 Å². The van der Waals surface area contributed by atoms with Crippen LogP contribution in [0.4, 0.5) is 0 Å². The Balaban J connectivity index is 2.17. The maximum atomic E-state index is 6.03. The summed E-state index contributed by atoms with van der Waals surface area (Å²) in [6, 6.07) is 3.98. The Morgan fingerprint density at radius 1 is 1.39 bits per heavy atom. The van der Waals surface area contributed by atoms with Crippen molar-refractivity contribution >= 4 is 11.3 Å². The molecule has 0 radical (unpaired) electrons. The van der Waals surface area contributed by atoms with Gasteiger partial charge in [-0.2, -0.15) is 0 Å². The van der Waals surface area contributed by atoms with Gasteiger partial charge in [-0.3, -0.25) is 4.98 Å². The van der Waals surface area contributed by atoms with E-state index in [1.54, 1.807) is 17.5 Å². The highest BCUT2D eigenvalue weighted by molar-refractivity contribution is 7.15. The topological polar surface area (TPSA) is 51.8 Å². The number of thiazole rings is 1. The molecule has 4 heteroatoms. The predicted molar refractivity (Wildman–Crippen MR) is 76.7 cm³/mol. The molecule has 0 aliphatic rings. The number of aromatic nitrogens is 2. The summed E-state index contributed by atoms with van der Waals surface area (Å²) in [5.41, 5.74) is 8.11. The first-order chi connectivity index (χ1) is 8.46. The van der Waals surface area contributed by atoms with Crippen molar-refractivity contribution in [3.8, 4) is 10.6 Å². The fourth-order valence-corrected chi connectivity index (χ4v) is 2.76. The van der Waals surface area contributed by atoms with Crippen molar-refractivity contribution in [2.45, 2.75) is 39.2 Å². The minimum atomic E-state index is -0.120. The summed E-state index contributed by atoms with van der Waals surface area (Å²) >= 11 is 1.75. The number of nitrogens with zero attached hydrogens (tertiary/aromatic N) is 2. The number of pyridine rings is 1. The first-order valence-electron chi connectivity index (χ1n) is 6.11. The van der Waals surface area contributed by atoms with Crippen LogP contribution in [0.15, 0.2) is 24.5 Å². The van der Waals surface area contributed by atoms with Gasteiger partial charge in [-0.15, -0.1) is 11.3 Å². The molecule has 2 aromatic heterocycles. The van der Waals surface area contributed by atoms with Crippen molar-refractivity contribution < 1.29 is 0 Å². The van der Waals surface area contributed by atoms with E-state index in [4.69, 9.17) is 5.73 Å². The molecule has 0 aliphatic carbocycles. The zero-order valence-corrected chi connectivity index (χ0v) is 11.9. The molecule has 0 unspecified atom stereocenters. The number of nitrogens with two attached hydrogens (primary N) is 1. The molecular weight excluding hydrogens is 242 g/mol. The summed E-state index contributed by atoms with van der Waals surface area (Å²) in [7, 11) is 0. The molecule has 0 amide bonds. The lowest BCUT2D eigenvalue weighted by atomic mass is 9.99. The van der Waals surface area contributed by atoms with E-state index in [9.17, 15) is 0 Å². The Morgan fingerprint density at radius 2 is 2.17 bits per heavy atom. The van der Waals surface area contributed by atoms with Gasteiger partial charge in [0.1, 0.15) is 5.01 Å². The fraction of sp³-hybridized carbons (Fsp3) is 0.429.